The summed E-state index contributed by atoms with van der Waals surface area (Å²) >= 11 is 6.41. The second-order valence-electron chi connectivity index (χ2n) is 6.06. The average Bonchev–Trinajstić information content (AvgIpc) is 2.47. The lowest BCUT2D eigenvalue weighted by molar-refractivity contribution is 0.439. The Balaban J connectivity index is 2.00. The Morgan fingerprint density at radius 1 is 1.15 bits per heavy atom. The Morgan fingerprint density at radius 2 is 1.90 bits per heavy atom. The van der Waals surface area contributed by atoms with Crippen molar-refractivity contribution in [2.45, 2.75) is 37.5 Å². The molecule has 3 heteroatoms. The van der Waals surface area contributed by atoms with Gasteiger partial charge in [0.1, 0.15) is 0 Å². The summed E-state index contributed by atoms with van der Waals surface area (Å²) in [4.78, 5) is 7.20. The lowest BCUT2D eigenvalue weighted by Gasteiger charge is -2.31. The van der Waals surface area contributed by atoms with E-state index in [2.05, 4.69) is 36.2 Å². The first kappa shape index (κ1) is 13.9. The minimum absolute atomic E-state index is 0.104. The number of nitrogens with zero attached hydrogens (tertiary/aromatic N) is 2. The maximum atomic E-state index is 6.41. The van der Waals surface area contributed by atoms with Gasteiger partial charge in [-0.1, -0.05) is 37.5 Å². The van der Waals surface area contributed by atoms with Gasteiger partial charge in [0, 0.05) is 36.5 Å². The molecule has 1 saturated carbocycles. The van der Waals surface area contributed by atoms with Gasteiger partial charge in [0.05, 0.1) is 11.9 Å². The number of aliphatic imine (C=N–C) groups is 1. The zero-order chi connectivity index (χ0) is 13.9. The average molecular weight is 291 g/mol. The summed E-state index contributed by atoms with van der Waals surface area (Å²) < 4.78 is 0. The van der Waals surface area contributed by atoms with E-state index >= 15 is 0 Å². The molecule has 20 heavy (non-hydrogen) atoms. The van der Waals surface area contributed by atoms with Gasteiger partial charge in [-0.15, -0.1) is 11.6 Å². The van der Waals surface area contributed by atoms with Crippen LogP contribution in [0.3, 0.4) is 0 Å². The molecule has 1 fully saturated rings. The molecule has 2 nitrogen and oxygen atoms in total. The van der Waals surface area contributed by atoms with E-state index < -0.39 is 0 Å². The van der Waals surface area contributed by atoms with E-state index in [-0.39, 0.29) is 5.38 Å². The summed E-state index contributed by atoms with van der Waals surface area (Å²) in [6.07, 6.45) is 6.62. The number of fused-ring (bicyclic) bond motifs is 1. The van der Waals surface area contributed by atoms with Gasteiger partial charge in [-0.2, -0.15) is 0 Å². The summed E-state index contributed by atoms with van der Waals surface area (Å²) in [6.45, 7) is 1.60. The molecule has 108 valence electrons. The minimum atomic E-state index is 0.104. The Labute approximate surface area is 126 Å². The van der Waals surface area contributed by atoms with E-state index in [9.17, 15) is 0 Å². The van der Waals surface area contributed by atoms with Crippen LogP contribution in [-0.2, 0) is 0 Å². The van der Waals surface area contributed by atoms with Crippen molar-refractivity contribution in [1.82, 2.24) is 0 Å². The van der Waals surface area contributed by atoms with Gasteiger partial charge in [0.25, 0.3) is 0 Å². The molecule has 1 aromatic rings. The highest BCUT2D eigenvalue weighted by Gasteiger charge is 2.25. The Kier molecular flexibility index (Phi) is 4.30. The van der Waals surface area contributed by atoms with Crippen LogP contribution >= 0.6 is 11.6 Å². The Hall–Kier alpha value is -1.02. The molecule has 0 amide bonds. The molecule has 1 aliphatic heterocycles. The normalized spacial score (nSPS) is 24.6. The fraction of sp³-hybridized carbons (Fsp3) is 0.588. The van der Waals surface area contributed by atoms with Gasteiger partial charge in [-0.05, 0) is 18.9 Å². The van der Waals surface area contributed by atoms with Crippen LogP contribution in [0.25, 0.3) is 0 Å². The summed E-state index contributed by atoms with van der Waals surface area (Å²) in [5.41, 5.74) is 3.91. The molecular weight excluding hydrogens is 268 g/mol. The van der Waals surface area contributed by atoms with E-state index in [1.54, 1.807) is 0 Å². The molecule has 1 heterocycles. The maximum absolute atomic E-state index is 6.41. The molecular formula is C17H23ClN2. The summed E-state index contributed by atoms with van der Waals surface area (Å²) in [5, 5.41) is 0.104. The monoisotopic (exact) mass is 290 g/mol. The largest absolute Gasteiger partial charge is 0.373 e. The van der Waals surface area contributed by atoms with E-state index in [0.717, 1.165) is 13.1 Å². The first-order valence-corrected chi connectivity index (χ1v) is 8.18. The van der Waals surface area contributed by atoms with Crippen molar-refractivity contribution >= 4 is 23.0 Å². The Morgan fingerprint density at radius 3 is 2.70 bits per heavy atom. The number of alkyl halides is 1. The number of rotatable bonds is 1. The van der Waals surface area contributed by atoms with Crippen molar-refractivity contribution < 1.29 is 0 Å². The SMILES string of the molecule is CN1CC(Cl)CN=C(C2CCCCC2)c2ccccc21. The maximum Gasteiger partial charge on any atom is 0.0706 e. The molecule has 0 bridgehead atoms. The second-order valence-corrected chi connectivity index (χ2v) is 6.67. The van der Waals surface area contributed by atoms with Crippen molar-refractivity contribution in [2.75, 3.05) is 25.0 Å². The van der Waals surface area contributed by atoms with Gasteiger partial charge < -0.3 is 4.90 Å². The lowest BCUT2D eigenvalue weighted by atomic mass is 9.82. The second kappa shape index (κ2) is 6.17. The predicted molar refractivity (Wildman–Crippen MR) is 87.3 cm³/mol. The third-order valence-electron chi connectivity index (χ3n) is 4.51. The predicted octanol–water partition coefficient (Wildman–Crippen LogP) is 4.11. The van der Waals surface area contributed by atoms with Crippen LogP contribution in [0.2, 0.25) is 0 Å². The van der Waals surface area contributed by atoms with Crippen LogP contribution in [0.4, 0.5) is 5.69 Å². The molecule has 0 aromatic heterocycles. The molecule has 0 radical (unpaired) electrons. The number of hydrogen-bond donors (Lipinski definition) is 0. The fourth-order valence-electron chi connectivity index (χ4n) is 3.48. The van der Waals surface area contributed by atoms with Crippen LogP contribution in [0.5, 0.6) is 0 Å². The van der Waals surface area contributed by atoms with Crippen LogP contribution in [0.1, 0.15) is 37.7 Å². The van der Waals surface area contributed by atoms with E-state index in [1.165, 1.54) is 49.1 Å². The topological polar surface area (TPSA) is 15.6 Å². The van der Waals surface area contributed by atoms with Gasteiger partial charge in [-0.25, -0.2) is 0 Å². The third-order valence-corrected chi connectivity index (χ3v) is 4.79. The van der Waals surface area contributed by atoms with Crippen molar-refractivity contribution in [3.63, 3.8) is 0 Å². The van der Waals surface area contributed by atoms with E-state index in [4.69, 9.17) is 16.6 Å². The number of halogens is 1. The zero-order valence-corrected chi connectivity index (χ0v) is 12.9. The van der Waals surface area contributed by atoms with Gasteiger partial charge >= 0.3 is 0 Å². The van der Waals surface area contributed by atoms with E-state index in [0.29, 0.717) is 5.92 Å². The molecule has 3 rings (SSSR count). The smallest absolute Gasteiger partial charge is 0.0706 e. The van der Waals surface area contributed by atoms with Gasteiger partial charge in [-0.3, -0.25) is 4.99 Å². The molecule has 0 N–H and O–H groups in total. The summed E-state index contributed by atoms with van der Waals surface area (Å²) in [6, 6.07) is 8.67. The molecule has 0 spiro atoms. The summed E-state index contributed by atoms with van der Waals surface area (Å²) in [5.74, 6) is 0.625. The van der Waals surface area contributed by atoms with Crippen molar-refractivity contribution in [3.05, 3.63) is 29.8 Å². The highest BCUT2D eigenvalue weighted by molar-refractivity contribution is 6.21. The number of para-hydroxylation sites is 1. The molecule has 1 aliphatic carbocycles. The molecule has 1 aromatic carbocycles. The quantitative estimate of drug-likeness (QED) is 0.711. The number of anilines is 1. The summed E-state index contributed by atoms with van der Waals surface area (Å²) in [7, 11) is 2.14. The van der Waals surface area contributed by atoms with Gasteiger partial charge in [0.2, 0.25) is 0 Å². The molecule has 2 aliphatic rings. The van der Waals surface area contributed by atoms with Crippen LogP contribution in [0, 0.1) is 5.92 Å². The standard InChI is InChI=1S/C17H23ClN2/c1-20-12-14(18)11-19-17(13-7-3-2-4-8-13)15-9-5-6-10-16(15)20/h5-6,9-10,13-14H,2-4,7-8,11-12H2,1H3. The first-order chi connectivity index (χ1) is 9.75. The third kappa shape index (κ3) is 2.85. The van der Waals surface area contributed by atoms with Crippen LogP contribution in [0.15, 0.2) is 29.3 Å². The van der Waals surface area contributed by atoms with Crippen molar-refractivity contribution in [1.29, 1.82) is 0 Å². The number of benzene rings is 1. The Bertz CT molecular complexity index is 492. The van der Waals surface area contributed by atoms with E-state index in [1.807, 2.05) is 0 Å². The van der Waals surface area contributed by atoms with Gasteiger partial charge in [0.15, 0.2) is 0 Å². The first-order valence-electron chi connectivity index (χ1n) is 7.74. The van der Waals surface area contributed by atoms with Crippen LogP contribution < -0.4 is 4.90 Å². The lowest BCUT2D eigenvalue weighted by Crippen LogP contribution is -2.33. The fourth-order valence-corrected chi connectivity index (χ4v) is 3.76. The number of hydrogen-bond acceptors (Lipinski definition) is 2. The highest BCUT2D eigenvalue weighted by Crippen LogP contribution is 2.32. The van der Waals surface area contributed by atoms with Crippen molar-refractivity contribution in [2.24, 2.45) is 10.9 Å². The highest BCUT2D eigenvalue weighted by atomic mass is 35.5. The molecule has 1 unspecified atom stereocenters. The minimum Gasteiger partial charge on any atom is -0.373 e. The van der Waals surface area contributed by atoms with Crippen LogP contribution in [-0.4, -0.2) is 31.2 Å². The molecule has 1 atom stereocenters. The molecule has 0 saturated heterocycles. The van der Waals surface area contributed by atoms with Crippen molar-refractivity contribution in [3.8, 4) is 0 Å². The zero-order valence-electron chi connectivity index (χ0n) is 12.2.